The normalized spacial score (nSPS) is 10.6. The predicted molar refractivity (Wildman–Crippen MR) is 169 cm³/mol. The van der Waals surface area contributed by atoms with Crippen LogP contribution in [0.1, 0.15) is 36.1 Å². The van der Waals surface area contributed by atoms with Crippen LogP contribution >= 0.6 is 0 Å². The molecule has 6 aromatic carbocycles. The molecule has 0 N–H and O–H groups in total. The molecule has 0 atom stereocenters. The minimum absolute atomic E-state index is 0. The first-order valence-electron chi connectivity index (χ1n) is 13.3. The fourth-order valence-corrected chi connectivity index (χ4v) is 6.09. The molecule has 0 saturated heterocycles. The van der Waals surface area contributed by atoms with E-state index in [0.717, 1.165) is 25.7 Å². The molecule has 1 heteroatoms. The van der Waals surface area contributed by atoms with E-state index < -0.39 is 0 Å². The molecule has 0 amide bonds. The summed E-state index contributed by atoms with van der Waals surface area (Å²) in [4.78, 5) is 0. The van der Waals surface area contributed by atoms with Crippen molar-refractivity contribution in [2.24, 2.45) is 0 Å². The quantitative estimate of drug-likeness (QED) is 0.117. The first kappa shape index (κ1) is 30.5. The van der Waals surface area contributed by atoms with Crippen molar-refractivity contribution in [2.75, 3.05) is 0 Å². The van der Waals surface area contributed by atoms with Crippen molar-refractivity contribution in [1.29, 1.82) is 0 Å². The van der Waals surface area contributed by atoms with Crippen LogP contribution in [0.25, 0.3) is 43.8 Å². The Morgan fingerprint density at radius 2 is 0.872 bits per heavy atom. The van der Waals surface area contributed by atoms with Gasteiger partial charge < -0.3 is 14.9 Å². The van der Waals surface area contributed by atoms with E-state index in [1.807, 2.05) is 0 Å². The van der Waals surface area contributed by atoms with E-state index in [4.69, 9.17) is 0 Å². The van der Waals surface area contributed by atoms with E-state index >= 15 is 0 Å². The van der Waals surface area contributed by atoms with Gasteiger partial charge in [0.2, 0.25) is 0 Å². The number of rotatable bonds is 7. The van der Waals surface area contributed by atoms with Gasteiger partial charge in [-0.25, -0.2) is 0 Å². The molecule has 0 nitrogen and oxygen atoms in total. The number of fused-ring (bicyclic) bond motifs is 2. The maximum absolute atomic E-state index is 2.43. The van der Waals surface area contributed by atoms with Crippen molar-refractivity contribution in [2.45, 2.75) is 39.5 Å². The van der Waals surface area contributed by atoms with Gasteiger partial charge in [-0.1, -0.05) is 111 Å². The van der Waals surface area contributed by atoms with Crippen molar-refractivity contribution < 1.29 is 25.8 Å². The summed E-state index contributed by atoms with van der Waals surface area (Å²) in [5, 5.41) is 5.63. The molecule has 0 spiro atoms. The van der Waals surface area contributed by atoms with Gasteiger partial charge in [0.05, 0.1) is 0 Å². The molecule has 0 aliphatic heterocycles. The van der Waals surface area contributed by atoms with Gasteiger partial charge in [-0.15, -0.1) is 69.1 Å². The Labute approximate surface area is 254 Å². The van der Waals surface area contributed by atoms with Crippen LogP contribution < -0.4 is 0 Å². The van der Waals surface area contributed by atoms with Crippen molar-refractivity contribution in [1.82, 2.24) is 0 Å². The zero-order valence-corrected chi connectivity index (χ0v) is 27.3. The second-order valence-electron chi connectivity index (χ2n) is 9.78. The Kier molecular flexibility index (Phi) is 10.4. The minimum Gasteiger partial charge on any atom is -0.358 e. The predicted octanol–water partition coefficient (Wildman–Crippen LogP) is 10.6. The minimum atomic E-state index is 0. The van der Waals surface area contributed by atoms with E-state index in [9.17, 15) is 0 Å². The van der Waals surface area contributed by atoms with Gasteiger partial charge in [0.15, 0.2) is 0 Å². The topological polar surface area (TPSA) is 0 Å². The molecular weight excluding hydrogens is 635 g/mol. The van der Waals surface area contributed by atoms with Crippen LogP contribution in [0.4, 0.5) is 0 Å². The molecule has 0 fully saturated rings. The van der Waals surface area contributed by atoms with Crippen LogP contribution in [0, 0.1) is 14.9 Å². The van der Waals surface area contributed by atoms with Gasteiger partial charge >= 0.3 is 25.8 Å². The third-order valence-electron chi connectivity index (χ3n) is 7.79. The van der Waals surface area contributed by atoms with E-state index in [1.165, 1.54) is 66.1 Å². The Bertz CT molecular complexity index is 1510. The molecule has 0 unspecified atom stereocenters. The fraction of sp³-hybridized carbons (Fsp3) is 0.158. The summed E-state index contributed by atoms with van der Waals surface area (Å²) in [7, 11) is 0. The summed E-state index contributed by atoms with van der Waals surface area (Å²) in [6.07, 6.45) is 4.25. The SMILES string of the molecule is CCc1[cH-]c2cccc(-c3ccccc3)c2c1CCc1c(CC)[cH-]c2cccc(-c3ccccc3)c12.[CH3-].[CH3-].[Hf+4]. The molecule has 39 heavy (non-hydrogen) atoms. The van der Waals surface area contributed by atoms with Crippen LogP contribution in [-0.4, -0.2) is 0 Å². The van der Waals surface area contributed by atoms with Crippen molar-refractivity contribution in [3.8, 4) is 22.3 Å². The fourth-order valence-electron chi connectivity index (χ4n) is 6.09. The maximum atomic E-state index is 2.43. The zero-order chi connectivity index (χ0) is 24.5. The van der Waals surface area contributed by atoms with Gasteiger partial charge in [0.1, 0.15) is 0 Å². The van der Waals surface area contributed by atoms with Gasteiger partial charge in [0, 0.05) is 0 Å². The molecule has 0 bridgehead atoms. The van der Waals surface area contributed by atoms with Crippen LogP contribution in [0.2, 0.25) is 0 Å². The average Bonchev–Trinajstić information content (AvgIpc) is 3.50. The Morgan fingerprint density at radius 1 is 0.487 bits per heavy atom. The van der Waals surface area contributed by atoms with Crippen LogP contribution in [0.5, 0.6) is 0 Å². The van der Waals surface area contributed by atoms with E-state index in [2.05, 4.69) is 123 Å². The first-order chi connectivity index (χ1) is 17.8. The maximum Gasteiger partial charge on any atom is 4.00 e. The van der Waals surface area contributed by atoms with E-state index in [-0.39, 0.29) is 40.7 Å². The number of benzene rings is 4. The van der Waals surface area contributed by atoms with Crippen molar-refractivity contribution in [3.63, 3.8) is 0 Å². The van der Waals surface area contributed by atoms with Gasteiger partial charge in [0.25, 0.3) is 0 Å². The Morgan fingerprint density at radius 3 is 1.23 bits per heavy atom. The summed E-state index contributed by atoms with van der Waals surface area (Å²) in [6.45, 7) is 4.59. The van der Waals surface area contributed by atoms with E-state index in [0.29, 0.717) is 0 Å². The first-order valence-corrected chi connectivity index (χ1v) is 13.3. The molecule has 0 saturated carbocycles. The summed E-state index contributed by atoms with van der Waals surface area (Å²) >= 11 is 0. The van der Waals surface area contributed by atoms with Gasteiger partial charge in [-0.2, -0.15) is 11.1 Å². The monoisotopic (exact) mass is 674 g/mol. The van der Waals surface area contributed by atoms with Crippen LogP contribution in [0.15, 0.2) is 109 Å². The summed E-state index contributed by atoms with van der Waals surface area (Å²) < 4.78 is 0. The van der Waals surface area contributed by atoms with E-state index in [1.54, 1.807) is 0 Å². The van der Waals surface area contributed by atoms with Crippen molar-refractivity contribution >= 4 is 21.5 Å². The third-order valence-corrected chi connectivity index (χ3v) is 7.79. The van der Waals surface area contributed by atoms with Crippen LogP contribution in [-0.2, 0) is 51.5 Å². The molecule has 0 aliphatic carbocycles. The number of hydrogen-bond donors (Lipinski definition) is 0. The molecule has 6 rings (SSSR count). The summed E-state index contributed by atoms with van der Waals surface area (Å²) in [5.41, 5.74) is 11.4. The molecule has 194 valence electrons. The number of aryl methyl sites for hydroxylation is 4. The van der Waals surface area contributed by atoms with Crippen molar-refractivity contribution in [3.05, 3.63) is 146 Å². The average molecular weight is 673 g/mol. The number of hydrogen-bond acceptors (Lipinski definition) is 0. The third kappa shape index (κ3) is 5.66. The molecular formula is C38H38Hf. The second-order valence-corrected chi connectivity index (χ2v) is 9.78. The smallest absolute Gasteiger partial charge is 0.358 e. The Hall–Kier alpha value is -3.03. The zero-order valence-electron chi connectivity index (χ0n) is 23.7. The summed E-state index contributed by atoms with van der Waals surface area (Å²) in [6, 6.07) is 40.2. The largest absolute Gasteiger partial charge is 4.00 e. The summed E-state index contributed by atoms with van der Waals surface area (Å²) in [5.74, 6) is 0. The van der Waals surface area contributed by atoms with Gasteiger partial charge in [-0.3, -0.25) is 0 Å². The molecule has 0 heterocycles. The second kappa shape index (κ2) is 13.4. The molecule has 0 aromatic heterocycles. The molecule has 0 radical (unpaired) electrons. The van der Waals surface area contributed by atoms with Crippen LogP contribution in [0.3, 0.4) is 0 Å². The Balaban J connectivity index is 0.00000140. The molecule has 0 aliphatic rings. The standard InChI is InChI=1S/C36H32.2CH3.Hf/c1-3-25-23-29-17-11-19-31(27-13-7-5-8-14-27)35(29)33(25)21-22-34-26(4-2)24-30-18-12-20-32(36(30)34)28-15-9-6-10-16-28;;;/h5-20,23-24H,3-4,21-22H2,1-2H3;2*1H3;/q-2;2*-1;+4. The molecule has 6 aromatic rings. The van der Waals surface area contributed by atoms with Gasteiger partial charge in [-0.05, 0) is 24.0 Å².